The lowest BCUT2D eigenvalue weighted by Crippen LogP contribution is -2.56. The smallest absolute Gasteiger partial charge is 0.322 e. The number of aryl methyl sites for hydroxylation is 1. The molecule has 2 aromatic carbocycles. The molecule has 3 aromatic rings. The van der Waals surface area contributed by atoms with Gasteiger partial charge in [0.2, 0.25) is 10.0 Å². The van der Waals surface area contributed by atoms with Crippen molar-refractivity contribution in [2.45, 2.75) is 30.4 Å². The number of amides is 2. The lowest BCUT2D eigenvalue weighted by molar-refractivity contribution is -0.0840. The SMILES string of the molecule is Cc1onc(-c2ccccc2)c1NC(=O)N1CCC2(CC1)OCCN2S(=O)(=O)c1ccccc1. The molecule has 0 radical (unpaired) electrons. The van der Waals surface area contributed by atoms with Gasteiger partial charge in [-0.3, -0.25) is 0 Å². The minimum absolute atomic E-state index is 0.247. The summed E-state index contributed by atoms with van der Waals surface area (Å²) >= 11 is 0. The maximum absolute atomic E-state index is 13.3. The summed E-state index contributed by atoms with van der Waals surface area (Å²) in [6.07, 6.45) is 0.779. The molecular formula is C24H26N4O5S. The summed E-state index contributed by atoms with van der Waals surface area (Å²) in [4.78, 5) is 15.0. The molecule has 34 heavy (non-hydrogen) atoms. The summed E-state index contributed by atoms with van der Waals surface area (Å²) in [5, 5.41) is 7.04. The van der Waals surface area contributed by atoms with E-state index in [0.717, 1.165) is 5.56 Å². The largest absolute Gasteiger partial charge is 0.359 e. The molecule has 5 rings (SSSR count). The second kappa shape index (κ2) is 8.86. The first kappa shape index (κ1) is 22.6. The van der Waals surface area contributed by atoms with Gasteiger partial charge in [0.05, 0.1) is 11.5 Å². The number of hydrogen-bond acceptors (Lipinski definition) is 6. The Morgan fingerprint density at radius 2 is 1.65 bits per heavy atom. The van der Waals surface area contributed by atoms with Crippen LogP contribution in [0.4, 0.5) is 10.5 Å². The molecular weight excluding hydrogens is 456 g/mol. The number of anilines is 1. The third-order valence-corrected chi connectivity index (χ3v) is 8.39. The molecule has 1 N–H and O–H groups in total. The van der Waals surface area contributed by atoms with E-state index in [-0.39, 0.29) is 10.9 Å². The van der Waals surface area contributed by atoms with E-state index >= 15 is 0 Å². The molecule has 2 amide bonds. The molecule has 2 aliphatic heterocycles. The number of rotatable bonds is 4. The van der Waals surface area contributed by atoms with Gasteiger partial charge in [-0.15, -0.1) is 0 Å². The topological polar surface area (TPSA) is 105 Å². The Morgan fingerprint density at radius 1 is 1.00 bits per heavy atom. The summed E-state index contributed by atoms with van der Waals surface area (Å²) in [5.41, 5.74) is 1.00. The normalized spacial score (nSPS) is 18.3. The summed E-state index contributed by atoms with van der Waals surface area (Å²) in [5.74, 6) is 0.514. The highest BCUT2D eigenvalue weighted by atomic mass is 32.2. The Labute approximate surface area is 198 Å². The van der Waals surface area contributed by atoms with Gasteiger partial charge in [-0.05, 0) is 19.1 Å². The Morgan fingerprint density at radius 3 is 2.32 bits per heavy atom. The van der Waals surface area contributed by atoms with Crippen LogP contribution in [-0.2, 0) is 14.8 Å². The van der Waals surface area contributed by atoms with Crippen LogP contribution >= 0.6 is 0 Å². The monoisotopic (exact) mass is 482 g/mol. The molecule has 10 heteroatoms. The van der Waals surface area contributed by atoms with Crippen molar-refractivity contribution in [2.75, 3.05) is 31.6 Å². The maximum atomic E-state index is 13.3. The van der Waals surface area contributed by atoms with Crippen LogP contribution in [-0.4, -0.2) is 60.8 Å². The Hall–Kier alpha value is -3.21. The highest BCUT2D eigenvalue weighted by molar-refractivity contribution is 7.89. The fraction of sp³-hybridized carbons (Fsp3) is 0.333. The fourth-order valence-electron chi connectivity index (χ4n) is 4.60. The zero-order valence-corrected chi connectivity index (χ0v) is 19.6. The van der Waals surface area contributed by atoms with Crippen LogP contribution in [0.5, 0.6) is 0 Å². The first-order valence-corrected chi connectivity index (χ1v) is 12.6. The summed E-state index contributed by atoms with van der Waals surface area (Å²) in [6, 6.07) is 17.6. The predicted molar refractivity (Wildman–Crippen MR) is 126 cm³/mol. The summed E-state index contributed by atoms with van der Waals surface area (Å²) < 4.78 is 39.3. The van der Waals surface area contributed by atoms with Crippen molar-refractivity contribution in [2.24, 2.45) is 0 Å². The number of carbonyl (C=O) groups is 1. The van der Waals surface area contributed by atoms with Crippen molar-refractivity contribution < 1.29 is 22.5 Å². The first-order valence-electron chi connectivity index (χ1n) is 11.2. The number of benzene rings is 2. The quantitative estimate of drug-likeness (QED) is 0.608. The van der Waals surface area contributed by atoms with Gasteiger partial charge < -0.3 is 19.5 Å². The highest BCUT2D eigenvalue weighted by Gasteiger charge is 2.51. The van der Waals surface area contributed by atoms with Crippen LogP contribution in [0.15, 0.2) is 70.1 Å². The average molecular weight is 483 g/mol. The zero-order valence-electron chi connectivity index (χ0n) is 18.8. The number of hydrogen-bond donors (Lipinski definition) is 1. The Balaban J connectivity index is 1.30. The van der Waals surface area contributed by atoms with Crippen LogP contribution < -0.4 is 5.32 Å². The van der Waals surface area contributed by atoms with Gasteiger partial charge in [0.1, 0.15) is 17.1 Å². The van der Waals surface area contributed by atoms with Crippen molar-refractivity contribution >= 4 is 21.7 Å². The van der Waals surface area contributed by atoms with Gasteiger partial charge >= 0.3 is 6.03 Å². The fourth-order valence-corrected chi connectivity index (χ4v) is 6.35. The molecule has 2 saturated heterocycles. The maximum Gasteiger partial charge on any atom is 0.322 e. The third kappa shape index (κ3) is 3.97. The minimum atomic E-state index is -3.70. The number of piperidine rings is 1. The number of ether oxygens (including phenoxy) is 1. The van der Waals surface area contributed by atoms with E-state index in [9.17, 15) is 13.2 Å². The molecule has 0 atom stereocenters. The second-order valence-corrected chi connectivity index (χ2v) is 10.3. The lowest BCUT2D eigenvalue weighted by Gasteiger charge is -2.42. The van der Waals surface area contributed by atoms with Gasteiger partial charge in [-0.2, -0.15) is 4.31 Å². The number of nitrogens with one attached hydrogen (secondary N) is 1. The van der Waals surface area contributed by atoms with E-state index in [2.05, 4.69) is 10.5 Å². The molecule has 2 aliphatic rings. The summed E-state index contributed by atoms with van der Waals surface area (Å²) in [6.45, 7) is 3.09. The van der Waals surface area contributed by atoms with E-state index in [1.807, 2.05) is 30.3 Å². The van der Waals surface area contributed by atoms with Gasteiger partial charge in [0, 0.05) is 38.0 Å². The van der Waals surface area contributed by atoms with E-state index < -0.39 is 15.7 Å². The van der Waals surface area contributed by atoms with E-state index in [4.69, 9.17) is 9.26 Å². The molecule has 1 spiro atoms. The number of nitrogens with zero attached hydrogens (tertiary/aromatic N) is 3. The molecule has 3 heterocycles. The van der Waals surface area contributed by atoms with Crippen molar-refractivity contribution in [3.05, 3.63) is 66.4 Å². The Kier molecular flexibility index (Phi) is 5.88. The van der Waals surface area contributed by atoms with Gasteiger partial charge in [0.15, 0.2) is 5.76 Å². The van der Waals surface area contributed by atoms with Crippen LogP contribution in [0.3, 0.4) is 0 Å². The standard InChI is InChI=1S/C24H26N4O5S/c1-18-21(22(26-33-18)19-8-4-2-5-9-19)25-23(29)27-14-12-24(13-15-27)28(16-17-32-24)34(30,31)20-10-6-3-7-11-20/h2-11H,12-17H2,1H3,(H,25,29). The van der Waals surface area contributed by atoms with E-state index in [1.165, 1.54) is 4.31 Å². The molecule has 0 saturated carbocycles. The van der Waals surface area contributed by atoms with Gasteiger partial charge in [-0.25, -0.2) is 13.2 Å². The molecule has 0 unspecified atom stereocenters. The van der Waals surface area contributed by atoms with Gasteiger partial charge in [-0.1, -0.05) is 53.7 Å². The molecule has 0 aliphatic carbocycles. The minimum Gasteiger partial charge on any atom is -0.359 e. The van der Waals surface area contributed by atoms with Crippen LogP contribution in [0, 0.1) is 6.92 Å². The van der Waals surface area contributed by atoms with Crippen LogP contribution in [0.2, 0.25) is 0 Å². The number of aromatic nitrogens is 1. The van der Waals surface area contributed by atoms with Crippen molar-refractivity contribution in [1.29, 1.82) is 0 Å². The summed E-state index contributed by atoms with van der Waals surface area (Å²) in [7, 11) is -3.70. The van der Waals surface area contributed by atoms with Crippen molar-refractivity contribution in [3.63, 3.8) is 0 Å². The Bertz CT molecular complexity index is 1270. The van der Waals surface area contributed by atoms with Crippen molar-refractivity contribution in [3.8, 4) is 11.3 Å². The molecule has 1 aromatic heterocycles. The molecule has 9 nitrogen and oxygen atoms in total. The number of carbonyl (C=O) groups excluding carboxylic acids is 1. The highest BCUT2D eigenvalue weighted by Crippen LogP contribution is 2.38. The van der Waals surface area contributed by atoms with Crippen LogP contribution in [0.1, 0.15) is 18.6 Å². The van der Waals surface area contributed by atoms with E-state index in [0.29, 0.717) is 56.2 Å². The third-order valence-electron chi connectivity index (χ3n) is 6.42. The number of urea groups is 1. The average Bonchev–Trinajstić information content (AvgIpc) is 3.44. The first-order chi connectivity index (χ1) is 16.4. The van der Waals surface area contributed by atoms with E-state index in [1.54, 1.807) is 42.2 Å². The lowest BCUT2D eigenvalue weighted by atomic mass is 10.0. The second-order valence-electron chi connectivity index (χ2n) is 8.43. The predicted octanol–water partition coefficient (Wildman–Crippen LogP) is 3.70. The molecule has 178 valence electrons. The zero-order chi connectivity index (χ0) is 23.8. The number of likely N-dealkylation sites (tertiary alicyclic amines) is 1. The van der Waals surface area contributed by atoms with Crippen LogP contribution in [0.25, 0.3) is 11.3 Å². The molecule has 0 bridgehead atoms. The molecule has 2 fully saturated rings. The van der Waals surface area contributed by atoms with Gasteiger partial charge in [0.25, 0.3) is 0 Å². The van der Waals surface area contributed by atoms with Crippen molar-refractivity contribution in [1.82, 2.24) is 14.4 Å². The number of sulfonamides is 1.